The molecule has 2 aliphatic heterocycles. The third-order valence-corrected chi connectivity index (χ3v) is 16.2. The molecule has 13 atom stereocenters. The number of morpholine rings is 1. The van der Waals surface area contributed by atoms with Crippen LogP contribution in [0.1, 0.15) is 105 Å². The molecule has 0 aromatic carbocycles. The van der Waals surface area contributed by atoms with Gasteiger partial charge < -0.3 is 33.7 Å². The summed E-state index contributed by atoms with van der Waals surface area (Å²) in [6.45, 7) is 14.0. The fourth-order valence-corrected chi connectivity index (χ4v) is 13.8. The molecule has 1 amide bonds. The quantitative estimate of drug-likeness (QED) is 0.350. The van der Waals surface area contributed by atoms with E-state index >= 15 is 0 Å². The first-order valence-corrected chi connectivity index (χ1v) is 18.9. The highest BCUT2D eigenvalue weighted by molar-refractivity contribution is 5.76. The Morgan fingerprint density at radius 3 is 2.47 bits per heavy atom. The molecule has 1 N–H and O–H groups in total. The number of nitrogens with zero attached hydrogens (tertiary/aromatic N) is 1. The highest BCUT2D eigenvalue weighted by atomic mass is 16.7. The van der Waals surface area contributed by atoms with Gasteiger partial charge in [0.25, 0.3) is 0 Å². The average molecular weight is 658 g/mol. The van der Waals surface area contributed by atoms with Crippen molar-refractivity contribution in [1.29, 1.82) is 0 Å². The van der Waals surface area contributed by atoms with Crippen LogP contribution in [0.4, 0.5) is 4.79 Å². The van der Waals surface area contributed by atoms with Gasteiger partial charge in [-0.3, -0.25) is 4.79 Å². The van der Waals surface area contributed by atoms with E-state index in [0.29, 0.717) is 55.2 Å². The van der Waals surface area contributed by atoms with Gasteiger partial charge in [0.2, 0.25) is 5.91 Å². The topological polar surface area (TPSA) is 104 Å². The van der Waals surface area contributed by atoms with Crippen LogP contribution >= 0.6 is 0 Å². The molecule has 6 saturated carbocycles. The Bertz CT molecular complexity index is 1270. The van der Waals surface area contributed by atoms with Crippen molar-refractivity contribution in [3.05, 3.63) is 0 Å². The van der Waals surface area contributed by atoms with Gasteiger partial charge in [-0.2, -0.15) is 0 Å². The molecule has 0 aromatic heterocycles. The number of hydrogen-bond donors (Lipinski definition) is 1. The third-order valence-electron chi connectivity index (χ3n) is 16.2. The van der Waals surface area contributed by atoms with Gasteiger partial charge in [0, 0.05) is 18.4 Å². The summed E-state index contributed by atoms with van der Waals surface area (Å²) in [5, 5.41) is 12.4. The van der Waals surface area contributed by atoms with Crippen molar-refractivity contribution in [3.8, 4) is 0 Å². The fraction of sp³-hybridized carbons (Fsp3) is 0.947. The number of carbonyl (C=O) groups excluding carboxylic acids is 2. The monoisotopic (exact) mass is 657 g/mol. The molecule has 9 nitrogen and oxygen atoms in total. The van der Waals surface area contributed by atoms with E-state index < -0.39 is 12.3 Å². The number of hydrogen-bond acceptors (Lipinski definition) is 8. The lowest BCUT2D eigenvalue weighted by molar-refractivity contribution is -0.248. The van der Waals surface area contributed by atoms with E-state index in [1.54, 1.807) is 0 Å². The zero-order chi connectivity index (χ0) is 33.1. The van der Waals surface area contributed by atoms with E-state index in [1.807, 2.05) is 4.90 Å². The largest absolute Gasteiger partial charge is 0.508 e. The van der Waals surface area contributed by atoms with E-state index in [9.17, 15) is 14.7 Å². The molecule has 8 fully saturated rings. The Balaban J connectivity index is 0.987. The van der Waals surface area contributed by atoms with E-state index in [-0.39, 0.29) is 64.7 Å². The van der Waals surface area contributed by atoms with Crippen LogP contribution in [0.2, 0.25) is 0 Å². The van der Waals surface area contributed by atoms with Crippen LogP contribution in [0.5, 0.6) is 0 Å². The van der Waals surface area contributed by atoms with Crippen molar-refractivity contribution >= 4 is 12.1 Å². The highest BCUT2D eigenvalue weighted by Crippen LogP contribution is 2.89. The summed E-state index contributed by atoms with van der Waals surface area (Å²) in [7, 11) is 1.32. The maximum absolute atomic E-state index is 12.9. The number of carbonyl (C=O) groups is 2. The molecule has 8 aliphatic rings. The molecule has 264 valence electrons. The lowest BCUT2D eigenvalue weighted by atomic mass is 9.41. The number of aliphatic hydroxyl groups is 1. The number of amides is 1. The number of methoxy groups -OCH3 is 1. The van der Waals surface area contributed by atoms with Crippen LogP contribution in [0.25, 0.3) is 0 Å². The predicted octanol–water partition coefficient (Wildman–Crippen LogP) is 5.95. The molecule has 2 saturated heterocycles. The van der Waals surface area contributed by atoms with Crippen molar-refractivity contribution in [1.82, 2.24) is 4.90 Å². The van der Waals surface area contributed by atoms with Crippen molar-refractivity contribution in [2.75, 3.05) is 33.4 Å². The van der Waals surface area contributed by atoms with Gasteiger partial charge in [0.1, 0.15) is 6.61 Å². The minimum Gasteiger partial charge on any atom is -0.438 e. The smallest absolute Gasteiger partial charge is 0.438 e. The lowest BCUT2D eigenvalue weighted by Gasteiger charge is -2.64. The number of fused-ring (bicyclic) bond motifs is 4. The maximum Gasteiger partial charge on any atom is 0.508 e. The summed E-state index contributed by atoms with van der Waals surface area (Å²) >= 11 is 0. The average Bonchev–Trinajstić information content (AvgIpc) is 3.96. The SMILES string of the molecule is COC(=O)OCC1C[C@@H](C)[C@H]2C(O1)[C@H](O)[C@@]1(C)C3CC[C@H]4C(C)(C)C(O[C@H]5CN(C(=O)CC6CC6)CCO5)CCC45CC35CCC21C. The molecule has 2 spiro atoms. The van der Waals surface area contributed by atoms with Crippen molar-refractivity contribution < 1.29 is 38.4 Å². The molecule has 8 rings (SSSR count). The van der Waals surface area contributed by atoms with E-state index in [2.05, 4.69) is 34.6 Å². The van der Waals surface area contributed by atoms with Crippen LogP contribution in [-0.4, -0.2) is 86.2 Å². The molecule has 0 aromatic rings. The summed E-state index contributed by atoms with van der Waals surface area (Å²) in [5.41, 5.74) is 0.343. The minimum absolute atomic E-state index is 0.00476. The minimum atomic E-state index is -0.684. The Morgan fingerprint density at radius 2 is 1.72 bits per heavy atom. The first-order valence-electron chi connectivity index (χ1n) is 18.9. The molecule has 9 heteroatoms. The van der Waals surface area contributed by atoms with Gasteiger partial charge in [-0.25, -0.2) is 4.79 Å². The van der Waals surface area contributed by atoms with E-state index in [4.69, 9.17) is 23.7 Å². The standard InChI is InChI=1S/C38H59NO8/c1-22-17-24(20-45-33(42)43-6)46-31-30(22)35(4)13-14-38-21-37(38)12-11-27(34(2,3)25(37)9-10-26(38)36(35,5)32(31)41)47-29-19-39(15-16-44-29)28(40)18-23-7-8-23/h22-27,29-32,41H,7-21H2,1-6H3/t22-,24?,25+,26?,27?,29+,30+,31?,32+,35?,36-,37?,38?/m1/s1. The zero-order valence-corrected chi connectivity index (χ0v) is 29.6. The van der Waals surface area contributed by atoms with Crippen LogP contribution in [-0.2, 0) is 28.5 Å². The van der Waals surface area contributed by atoms with Crippen molar-refractivity contribution in [2.24, 2.45) is 56.7 Å². The van der Waals surface area contributed by atoms with Gasteiger partial charge in [0.15, 0.2) is 6.29 Å². The lowest BCUT2D eigenvalue weighted by Crippen LogP contribution is -2.60. The first kappa shape index (κ1) is 32.8. The van der Waals surface area contributed by atoms with Gasteiger partial charge in [-0.15, -0.1) is 0 Å². The summed E-state index contributed by atoms with van der Waals surface area (Å²) in [4.78, 5) is 26.6. The van der Waals surface area contributed by atoms with Crippen LogP contribution in [0.15, 0.2) is 0 Å². The third kappa shape index (κ3) is 4.60. The number of ether oxygens (including phenoxy) is 5. The summed E-state index contributed by atoms with van der Waals surface area (Å²) < 4.78 is 29.6. The predicted molar refractivity (Wildman–Crippen MR) is 173 cm³/mol. The molecular formula is C38H59NO8. The molecule has 47 heavy (non-hydrogen) atoms. The first-order chi connectivity index (χ1) is 22.3. The Kier molecular flexibility index (Phi) is 7.70. The summed E-state index contributed by atoms with van der Waals surface area (Å²) in [6, 6.07) is 0. The Morgan fingerprint density at radius 1 is 0.979 bits per heavy atom. The van der Waals surface area contributed by atoms with Gasteiger partial charge in [0.05, 0.1) is 44.7 Å². The van der Waals surface area contributed by atoms with Gasteiger partial charge >= 0.3 is 6.16 Å². The zero-order valence-electron chi connectivity index (χ0n) is 29.6. The second kappa shape index (κ2) is 11.0. The fourth-order valence-electron chi connectivity index (χ4n) is 13.8. The molecule has 2 heterocycles. The van der Waals surface area contributed by atoms with Gasteiger partial charge in [-0.1, -0.05) is 34.6 Å². The number of aliphatic hydroxyl groups excluding tert-OH is 1. The number of rotatable bonds is 6. The van der Waals surface area contributed by atoms with Crippen molar-refractivity contribution in [3.63, 3.8) is 0 Å². The second-order valence-electron chi connectivity index (χ2n) is 18.3. The van der Waals surface area contributed by atoms with Crippen LogP contribution in [0.3, 0.4) is 0 Å². The molecule has 7 unspecified atom stereocenters. The molecule has 0 radical (unpaired) electrons. The summed E-state index contributed by atoms with van der Waals surface area (Å²) in [6.07, 6.45) is 10.1. The van der Waals surface area contributed by atoms with E-state index in [1.165, 1.54) is 39.2 Å². The highest BCUT2D eigenvalue weighted by Gasteiger charge is 2.84. The molecule has 6 aliphatic carbocycles. The maximum atomic E-state index is 12.9. The second-order valence-corrected chi connectivity index (χ2v) is 18.3. The van der Waals surface area contributed by atoms with Crippen molar-refractivity contribution in [2.45, 2.75) is 136 Å². The Hall–Kier alpha value is -1.42. The normalized spacial score (nSPS) is 51.0. The summed E-state index contributed by atoms with van der Waals surface area (Å²) in [5.74, 6) is 2.55. The van der Waals surface area contributed by atoms with E-state index in [0.717, 1.165) is 32.1 Å². The van der Waals surface area contributed by atoms with Gasteiger partial charge in [-0.05, 0) is 115 Å². The van der Waals surface area contributed by atoms with Crippen LogP contribution < -0.4 is 0 Å². The molecular weight excluding hydrogens is 598 g/mol. The molecule has 0 bridgehead atoms. The Labute approximate surface area is 281 Å². The van der Waals surface area contributed by atoms with Crippen LogP contribution in [0, 0.1) is 56.7 Å².